The molecule has 192 valence electrons. The van der Waals surface area contributed by atoms with E-state index in [1.54, 1.807) is 34.4 Å². The minimum Gasteiger partial charge on any atom is -0.362 e. The standard InChI is InChI=1S/C30H27N3O2S3/c1-17-26(29(35)32-20-9-4-3-5-10-20)28(27-22(31-17)12-8-13-23(27)34)25-15-19(18(2)37-25)16-36-30-33-21-11-6-7-14-24(21)38-30/h3-7,9-11,14-15,28,31H,8,12-13,16H2,1-2H3,(H,32,35)/t28-/m1/s1. The Balaban J connectivity index is 1.33. The maximum Gasteiger partial charge on any atom is 0.254 e. The van der Waals surface area contributed by atoms with E-state index in [4.69, 9.17) is 4.98 Å². The van der Waals surface area contributed by atoms with Crippen LogP contribution in [0.25, 0.3) is 10.2 Å². The molecular formula is C30H27N3O2S3. The number of dihydropyridines is 1. The Labute approximate surface area is 234 Å². The van der Waals surface area contributed by atoms with Gasteiger partial charge in [0, 0.05) is 50.2 Å². The Bertz CT molecular complexity index is 1580. The molecule has 1 aliphatic carbocycles. The van der Waals surface area contributed by atoms with E-state index in [1.807, 2.05) is 55.5 Å². The lowest BCUT2D eigenvalue weighted by Gasteiger charge is -2.33. The first-order valence-electron chi connectivity index (χ1n) is 12.7. The van der Waals surface area contributed by atoms with Crippen molar-refractivity contribution in [2.45, 2.75) is 49.1 Å². The molecule has 0 unspecified atom stereocenters. The summed E-state index contributed by atoms with van der Waals surface area (Å²) in [7, 11) is 0. The fraction of sp³-hybridized carbons (Fsp3) is 0.233. The largest absolute Gasteiger partial charge is 0.362 e. The van der Waals surface area contributed by atoms with Gasteiger partial charge in [-0.2, -0.15) is 0 Å². The number of Topliss-reactive ketones (excluding diaryl/α,β-unsaturated/α-hetero) is 1. The first kappa shape index (κ1) is 25.1. The van der Waals surface area contributed by atoms with Crippen LogP contribution in [0.2, 0.25) is 0 Å². The molecule has 0 spiro atoms. The van der Waals surface area contributed by atoms with Gasteiger partial charge < -0.3 is 10.6 Å². The van der Waals surface area contributed by atoms with Crippen molar-refractivity contribution in [3.63, 3.8) is 0 Å². The van der Waals surface area contributed by atoms with Crippen LogP contribution < -0.4 is 10.6 Å². The lowest BCUT2D eigenvalue weighted by atomic mass is 9.77. The van der Waals surface area contributed by atoms with Crippen molar-refractivity contribution in [1.29, 1.82) is 0 Å². The highest BCUT2D eigenvalue weighted by molar-refractivity contribution is 8.00. The van der Waals surface area contributed by atoms with Gasteiger partial charge in [-0.3, -0.25) is 9.59 Å². The zero-order chi connectivity index (χ0) is 26.2. The van der Waals surface area contributed by atoms with E-state index in [0.717, 1.165) is 56.0 Å². The molecule has 0 bridgehead atoms. The molecule has 6 rings (SSSR count). The van der Waals surface area contributed by atoms with Crippen LogP contribution in [0.15, 0.2) is 87.5 Å². The Morgan fingerprint density at radius 2 is 1.87 bits per heavy atom. The summed E-state index contributed by atoms with van der Waals surface area (Å²) in [6.07, 6.45) is 2.19. The number of allylic oxidation sites excluding steroid dienone is 3. The monoisotopic (exact) mass is 557 g/mol. The molecule has 2 N–H and O–H groups in total. The lowest BCUT2D eigenvalue weighted by Crippen LogP contribution is -2.35. The smallest absolute Gasteiger partial charge is 0.254 e. The van der Waals surface area contributed by atoms with Gasteiger partial charge in [0.25, 0.3) is 5.91 Å². The zero-order valence-electron chi connectivity index (χ0n) is 21.2. The summed E-state index contributed by atoms with van der Waals surface area (Å²) in [4.78, 5) is 34.0. The van der Waals surface area contributed by atoms with Crippen LogP contribution >= 0.6 is 34.4 Å². The number of benzene rings is 2. The first-order valence-corrected chi connectivity index (χ1v) is 15.3. The van der Waals surface area contributed by atoms with Gasteiger partial charge in [0.1, 0.15) is 0 Å². The number of hydrogen-bond acceptors (Lipinski definition) is 7. The number of carbonyl (C=O) groups is 2. The highest BCUT2D eigenvalue weighted by Crippen LogP contribution is 2.46. The van der Waals surface area contributed by atoms with Gasteiger partial charge in [-0.15, -0.1) is 22.7 Å². The van der Waals surface area contributed by atoms with Crippen LogP contribution in [0.5, 0.6) is 0 Å². The fourth-order valence-corrected chi connectivity index (χ4v) is 8.55. The molecule has 2 aromatic carbocycles. The molecule has 4 aromatic rings. The molecule has 2 aliphatic rings. The van der Waals surface area contributed by atoms with Crippen molar-refractivity contribution in [3.05, 3.63) is 98.5 Å². The molecule has 0 fully saturated rings. The minimum atomic E-state index is -0.368. The number of ketones is 1. The van der Waals surface area contributed by atoms with Crippen molar-refractivity contribution in [2.75, 3.05) is 5.32 Å². The molecule has 2 aromatic heterocycles. The Morgan fingerprint density at radius 3 is 2.68 bits per heavy atom. The summed E-state index contributed by atoms with van der Waals surface area (Å²) >= 11 is 5.14. The van der Waals surface area contributed by atoms with Gasteiger partial charge in [-0.1, -0.05) is 42.1 Å². The third kappa shape index (κ3) is 4.84. The van der Waals surface area contributed by atoms with Crippen LogP contribution in [0.1, 0.15) is 47.4 Å². The third-order valence-electron chi connectivity index (χ3n) is 7.00. The quantitative estimate of drug-likeness (QED) is 0.239. The van der Waals surface area contributed by atoms with Crippen LogP contribution in [-0.4, -0.2) is 16.7 Å². The van der Waals surface area contributed by atoms with Crippen molar-refractivity contribution in [2.24, 2.45) is 0 Å². The van der Waals surface area contributed by atoms with Gasteiger partial charge in [0.15, 0.2) is 10.1 Å². The molecule has 5 nitrogen and oxygen atoms in total. The van der Waals surface area contributed by atoms with Crippen molar-refractivity contribution in [3.8, 4) is 0 Å². The number of hydrogen-bond donors (Lipinski definition) is 2. The number of aryl methyl sites for hydroxylation is 1. The highest BCUT2D eigenvalue weighted by Gasteiger charge is 2.39. The zero-order valence-corrected chi connectivity index (χ0v) is 23.6. The van der Waals surface area contributed by atoms with Crippen molar-refractivity contribution in [1.82, 2.24) is 10.3 Å². The summed E-state index contributed by atoms with van der Waals surface area (Å²) in [6.45, 7) is 4.07. The van der Waals surface area contributed by atoms with Crippen LogP contribution in [0.4, 0.5) is 5.69 Å². The third-order valence-corrected chi connectivity index (χ3v) is 10.4. The van der Waals surface area contributed by atoms with Crippen LogP contribution in [0, 0.1) is 6.92 Å². The molecule has 1 aliphatic heterocycles. The number of thioether (sulfide) groups is 1. The SMILES string of the molecule is CC1=C(C(=O)Nc2ccccc2)[C@@H](c2cc(CSc3nc4ccccc4s3)c(C)s2)C2=C(CCCC2=O)N1. The Hall–Kier alpha value is -3.20. The number of aromatic nitrogens is 1. The van der Waals surface area contributed by atoms with E-state index in [1.165, 1.54) is 15.1 Å². The number of thiophene rings is 1. The van der Waals surface area contributed by atoms with Gasteiger partial charge in [-0.25, -0.2) is 4.98 Å². The topological polar surface area (TPSA) is 71.1 Å². The van der Waals surface area contributed by atoms with E-state index >= 15 is 0 Å². The van der Waals surface area contributed by atoms with E-state index in [2.05, 4.69) is 29.7 Å². The molecular weight excluding hydrogens is 531 g/mol. The first-order chi connectivity index (χ1) is 18.5. The van der Waals surface area contributed by atoms with Gasteiger partial charge in [0.05, 0.1) is 16.1 Å². The maximum absolute atomic E-state index is 13.7. The summed E-state index contributed by atoms with van der Waals surface area (Å²) < 4.78 is 2.24. The number of anilines is 1. The predicted octanol–water partition coefficient (Wildman–Crippen LogP) is 7.57. The summed E-state index contributed by atoms with van der Waals surface area (Å²) in [5.41, 5.74) is 6.15. The molecule has 0 saturated carbocycles. The van der Waals surface area contributed by atoms with E-state index < -0.39 is 0 Å². The maximum atomic E-state index is 13.7. The second kappa shape index (κ2) is 10.5. The van der Waals surface area contributed by atoms with Gasteiger partial charge in [-0.05, 0) is 62.6 Å². The van der Waals surface area contributed by atoms with Gasteiger partial charge >= 0.3 is 0 Å². The average molecular weight is 558 g/mol. The number of thiazole rings is 1. The van der Waals surface area contributed by atoms with Crippen LogP contribution in [0.3, 0.4) is 0 Å². The number of amides is 1. The number of carbonyl (C=O) groups excluding carboxylic acids is 2. The molecule has 8 heteroatoms. The Morgan fingerprint density at radius 1 is 1.08 bits per heavy atom. The van der Waals surface area contributed by atoms with Gasteiger partial charge in [0.2, 0.25) is 0 Å². The molecule has 1 amide bonds. The molecule has 0 saturated heterocycles. The molecule has 1 atom stereocenters. The summed E-state index contributed by atoms with van der Waals surface area (Å²) in [6, 6.07) is 19.9. The van der Waals surface area contributed by atoms with E-state index in [0.29, 0.717) is 12.0 Å². The van der Waals surface area contributed by atoms with E-state index in [-0.39, 0.29) is 17.6 Å². The summed E-state index contributed by atoms with van der Waals surface area (Å²) in [5, 5.41) is 6.47. The van der Waals surface area contributed by atoms with Crippen LogP contribution in [-0.2, 0) is 15.3 Å². The Kier molecular flexibility index (Phi) is 6.95. The summed E-state index contributed by atoms with van der Waals surface area (Å²) in [5.74, 6) is 0.388. The predicted molar refractivity (Wildman–Crippen MR) is 158 cm³/mol. The van der Waals surface area contributed by atoms with E-state index in [9.17, 15) is 9.59 Å². The number of rotatable bonds is 6. The van der Waals surface area contributed by atoms with Crippen molar-refractivity contribution < 1.29 is 9.59 Å². The number of nitrogens with zero attached hydrogens (tertiary/aromatic N) is 1. The number of nitrogens with one attached hydrogen (secondary N) is 2. The lowest BCUT2D eigenvalue weighted by molar-refractivity contribution is -0.116. The number of para-hydroxylation sites is 2. The molecule has 3 heterocycles. The fourth-order valence-electron chi connectivity index (χ4n) is 5.17. The second-order valence-electron chi connectivity index (χ2n) is 9.55. The second-order valence-corrected chi connectivity index (χ2v) is 13.1. The molecule has 0 radical (unpaired) electrons. The highest BCUT2D eigenvalue weighted by atomic mass is 32.2. The normalized spacial score (nSPS) is 17.5. The van der Waals surface area contributed by atoms with Crippen molar-refractivity contribution >= 4 is 62.0 Å². The minimum absolute atomic E-state index is 0.137. The average Bonchev–Trinajstić information content (AvgIpc) is 3.50. The molecule has 38 heavy (non-hydrogen) atoms. The number of fused-ring (bicyclic) bond motifs is 1.